The molecule has 11 heteroatoms. The van der Waals surface area contributed by atoms with Crippen molar-refractivity contribution in [1.82, 2.24) is 14.3 Å². The molecule has 0 saturated carbocycles. The SMILES string of the molecule is COc1ccc(Cl)cc1S(=O)(=O)N1CCC[C@H](C(=O)Nc2cccc(-c3nc(C)cc(=O)[nH]3)c2)C1. The van der Waals surface area contributed by atoms with Crippen LogP contribution in [0.4, 0.5) is 5.69 Å². The van der Waals surface area contributed by atoms with Gasteiger partial charge in [-0.15, -0.1) is 0 Å². The highest BCUT2D eigenvalue weighted by atomic mass is 35.5. The third-order valence-electron chi connectivity index (χ3n) is 5.77. The van der Waals surface area contributed by atoms with Crippen LogP contribution >= 0.6 is 11.6 Å². The molecule has 184 valence electrons. The zero-order valence-corrected chi connectivity index (χ0v) is 20.8. The van der Waals surface area contributed by atoms with Gasteiger partial charge in [-0.05, 0) is 50.1 Å². The summed E-state index contributed by atoms with van der Waals surface area (Å²) in [7, 11) is -2.52. The van der Waals surface area contributed by atoms with Crippen LogP contribution in [0.5, 0.6) is 5.75 Å². The summed E-state index contributed by atoms with van der Waals surface area (Å²) < 4.78 is 33.2. The van der Waals surface area contributed by atoms with E-state index in [4.69, 9.17) is 16.3 Å². The first-order valence-corrected chi connectivity index (χ1v) is 12.8. The third kappa shape index (κ3) is 5.55. The predicted molar refractivity (Wildman–Crippen MR) is 133 cm³/mol. The van der Waals surface area contributed by atoms with Gasteiger partial charge in [0.15, 0.2) is 0 Å². The molecule has 1 amide bonds. The van der Waals surface area contributed by atoms with Crippen LogP contribution in [0.1, 0.15) is 18.5 Å². The molecule has 0 unspecified atom stereocenters. The van der Waals surface area contributed by atoms with Gasteiger partial charge in [-0.2, -0.15) is 4.31 Å². The number of hydrogen-bond acceptors (Lipinski definition) is 6. The first kappa shape index (κ1) is 24.9. The van der Waals surface area contributed by atoms with E-state index in [2.05, 4.69) is 15.3 Å². The van der Waals surface area contributed by atoms with E-state index in [0.717, 1.165) is 0 Å². The molecule has 1 aliphatic heterocycles. The lowest BCUT2D eigenvalue weighted by molar-refractivity contribution is -0.120. The second kappa shape index (κ2) is 10.2. The van der Waals surface area contributed by atoms with Crippen molar-refractivity contribution in [2.75, 3.05) is 25.5 Å². The molecule has 2 heterocycles. The van der Waals surface area contributed by atoms with Crippen LogP contribution in [0, 0.1) is 12.8 Å². The number of aromatic nitrogens is 2. The van der Waals surface area contributed by atoms with E-state index < -0.39 is 15.9 Å². The molecule has 3 aromatic rings. The number of amides is 1. The van der Waals surface area contributed by atoms with Crippen LogP contribution in [-0.2, 0) is 14.8 Å². The van der Waals surface area contributed by atoms with E-state index in [1.807, 2.05) is 0 Å². The third-order valence-corrected chi connectivity index (χ3v) is 7.89. The lowest BCUT2D eigenvalue weighted by Crippen LogP contribution is -2.43. The van der Waals surface area contributed by atoms with Crippen molar-refractivity contribution >= 4 is 33.2 Å². The Morgan fingerprint density at radius 3 is 2.77 bits per heavy atom. The first-order valence-electron chi connectivity index (χ1n) is 11.0. The van der Waals surface area contributed by atoms with E-state index in [0.29, 0.717) is 42.2 Å². The predicted octanol–water partition coefficient (Wildman–Crippen LogP) is 3.45. The van der Waals surface area contributed by atoms with Crippen LogP contribution in [0.15, 0.2) is 58.2 Å². The van der Waals surface area contributed by atoms with Gasteiger partial charge < -0.3 is 15.0 Å². The molecular formula is C24H25ClN4O5S. The van der Waals surface area contributed by atoms with Crippen molar-refractivity contribution in [1.29, 1.82) is 0 Å². The van der Waals surface area contributed by atoms with Gasteiger partial charge in [0.25, 0.3) is 5.56 Å². The molecule has 2 aromatic carbocycles. The molecule has 0 aliphatic carbocycles. The van der Waals surface area contributed by atoms with Gasteiger partial charge in [0.1, 0.15) is 16.5 Å². The van der Waals surface area contributed by atoms with Gasteiger partial charge in [0, 0.05) is 41.1 Å². The van der Waals surface area contributed by atoms with Crippen molar-refractivity contribution in [2.45, 2.75) is 24.7 Å². The van der Waals surface area contributed by atoms with Crippen LogP contribution in [0.2, 0.25) is 5.02 Å². The highest BCUT2D eigenvalue weighted by Gasteiger charge is 2.35. The van der Waals surface area contributed by atoms with Gasteiger partial charge in [0.2, 0.25) is 15.9 Å². The Balaban J connectivity index is 1.52. The summed E-state index contributed by atoms with van der Waals surface area (Å²) in [6.45, 7) is 2.06. The molecule has 0 bridgehead atoms. The number of hydrogen-bond donors (Lipinski definition) is 2. The Kier molecular flexibility index (Phi) is 7.25. The number of H-pyrrole nitrogens is 1. The topological polar surface area (TPSA) is 121 Å². The molecule has 1 atom stereocenters. The fourth-order valence-electron chi connectivity index (χ4n) is 4.07. The number of benzene rings is 2. The number of carbonyl (C=O) groups excluding carboxylic acids is 1. The quantitative estimate of drug-likeness (QED) is 0.517. The highest BCUT2D eigenvalue weighted by Crippen LogP contribution is 2.32. The van der Waals surface area contributed by atoms with E-state index in [-0.39, 0.29) is 33.7 Å². The zero-order valence-electron chi connectivity index (χ0n) is 19.2. The lowest BCUT2D eigenvalue weighted by atomic mass is 9.98. The summed E-state index contributed by atoms with van der Waals surface area (Å²) in [6.07, 6.45) is 1.09. The monoisotopic (exact) mass is 516 g/mol. The first-order chi connectivity index (χ1) is 16.7. The Hall–Kier alpha value is -3.21. The lowest BCUT2D eigenvalue weighted by Gasteiger charge is -2.31. The Labute approximate surface area is 208 Å². The van der Waals surface area contributed by atoms with Crippen LogP contribution < -0.4 is 15.6 Å². The molecule has 2 N–H and O–H groups in total. The minimum atomic E-state index is -3.92. The number of nitrogens with one attached hydrogen (secondary N) is 2. The molecule has 1 aromatic heterocycles. The van der Waals surface area contributed by atoms with Crippen molar-refractivity contribution in [3.8, 4) is 17.1 Å². The van der Waals surface area contributed by atoms with Gasteiger partial charge in [-0.1, -0.05) is 23.7 Å². The number of ether oxygens (including phenoxy) is 1. The fourth-order valence-corrected chi connectivity index (χ4v) is 6.01. The van der Waals surface area contributed by atoms with Crippen LogP contribution in [-0.4, -0.2) is 48.8 Å². The molecule has 1 aliphatic rings. The number of methoxy groups -OCH3 is 1. The summed E-state index contributed by atoms with van der Waals surface area (Å²) in [5.41, 5.74) is 1.48. The van der Waals surface area contributed by atoms with Crippen molar-refractivity contribution in [3.05, 3.63) is 69.6 Å². The molecular weight excluding hydrogens is 492 g/mol. The molecule has 9 nitrogen and oxygen atoms in total. The van der Waals surface area contributed by atoms with Crippen molar-refractivity contribution < 1.29 is 17.9 Å². The standard InChI is InChI=1S/C24H25ClN4O5S/c1-15-11-22(30)28-23(26-15)16-5-3-7-19(12-16)27-24(31)17-6-4-10-29(14-17)35(32,33)21-13-18(25)8-9-20(21)34-2/h3,5,7-9,11-13,17H,4,6,10,14H2,1-2H3,(H,27,31)(H,26,28,30)/t17-/m0/s1. The molecule has 1 saturated heterocycles. The number of aromatic amines is 1. The second-order valence-corrected chi connectivity index (χ2v) is 10.6. The molecule has 1 fully saturated rings. The average molecular weight is 517 g/mol. The number of anilines is 1. The maximum atomic E-state index is 13.3. The summed E-state index contributed by atoms with van der Waals surface area (Å²) >= 11 is 6.04. The van der Waals surface area contributed by atoms with Gasteiger partial charge in [-0.3, -0.25) is 9.59 Å². The number of nitrogens with zero attached hydrogens (tertiary/aromatic N) is 2. The fraction of sp³-hybridized carbons (Fsp3) is 0.292. The van der Waals surface area contributed by atoms with E-state index in [9.17, 15) is 18.0 Å². The Morgan fingerprint density at radius 2 is 2.03 bits per heavy atom. The smallest absolute Gasteiger partial charge is 0.251 e. The number of carbonyl (C=O) groups is 1. The largest absolute Gasteiger partial charge is 0.495 e. The van der Waals surface area contributed by atoms with E-state index >= 15 is 0 Å². The van der Waals surface area contributed by atoms with Gasteiger partial charge >= 0.3 is 0 Å². The number of rotatable bonds is 6. The second-order valence-electron chi connectivity index (χ2n) is 8.30. The number of halogens is 1. The highest BCUT2D eigenvalue weighted by molar-refractivity contribution is 7.89. The number of sulfonamides is 1. The maximum Gasteiger partial charge on any atom is 0.251 e. The van der Waals surface area contributed by atoms with Crippen molar-refractivity contribution in [2.24, 2.45) is 5.92 Å². The molecule has 0 radical (unpaired) electrons. The number of aryl methyl sites for hydroxylation is 1. The van der Waals surface area contributed by atoms with Crippen molar-refractivity contribution in [3.63, 3.8) is 0 Å². The minimum Gasteiger partial charge on any atom is -0.495 e. The molecule has 35 heavy (non-hydrogen) atoms. The van der Waals surface area contributed by atoms with Crippen LogP contribution in [0.25, 0.3) is 11.4 Å². The Bertz CT molecular complexity index is 1420. The zero-order chi connectivity index (χ0) is 25.2. The van der Waals surface area contributed by atoms with Crippen LogP contribution in [0.3, 0.4) is 0 Å². The summed E-state index contributed by atoms with van der Waals surface area (Å²) in [5, 5.41) is 3.15. The summed E-state index contributed by atoms with van der Waals surface area (Å²) in [5.74, 6) is -0.229. The summed E-state index contributed by atoms with van der Waals surface area (Å²) in [6, 6.07) is 12.8. The maximum absolute atomic E-state index is 13.3. The molecule has 4 rings (SSSR count). The van der Waals surface area contributed by atoms with E-state index in [1.54, 1.807) is 37.3 Å². The summed E-state index contributed by atoms with van der Waals surface area (Å²) in [4.78, 5) is 31.8. The normalized spacial score (nSPS) is 16.6. The number of piperidine rings is 1. The minimum absolute atomic E-state index is 0.0269. The average Bonchev–Trinajstić information content (AvgIpc) is 2.83. The molecule has 0 spiro atoms. The van der Waals surface area contributed by atoms with Gasteiger partial charge in [-0.25, -0.2) is 13.4 Å². The Morgan fingerprint density at radius 1 is 1.23 bits per heavy atom. The van der Waals surface area contributed by atoms with Gasteiger partial charge in [0.05, 0.1) is 13.0 Å². The van der Waals surface area contributed by atoms with E-state index in [1.165, 1.54) is 29.6 Å².